The number of likely N-dealkylation sites (tertiary alicyclic amines) is 1. The van der Waals surface area contributed by atoms with Crippen molar-refractivity contribution in [2.24, 2.45) is 5.92 Å². The van der Waals surface area contributed by atoms with E-state index in [4.69, 9.17) is 16.6 Å². The summed E-state index contributed by atoms with van der Waals surface area (Å²) in [5.74, 6) is 1.04. The second-order valence-corrected chi connectivity index (χ2v) is 10.4. The standard InChI is InChI=1S/C22H24ClN3O2S2/c1-13-8-10-25(11-9-13)18(27)12-29-22-24-20-19(14(2)15(3)30-20)21(28)26(22)17-6-4-16(23)5-7-17/h4-7,13H,8-12H2,1-3H3. The van der Waals surface area contributed by atoms with Gasteiger partial charge in [-0.1, -0.05) is 30.3 Å². The van der Waals surface area contributed by atoms with Crippen molar-refractivity contribution >= 4 is 50.8 Å². The number of thiophene rings is 1. The molecule has 1 amide bonds. The van der Waals surface area contributed by atoms with Crippen LogP contribution in [-0.2, 0) is 4.79 Å². The Bertz CT molecular complexity index is 1150. The van der Waals surface area contributed by atoms with E-state index < -0.39 is 0 Å². The molecule has 0 spiro atoms. The van der Waals surface area contributed by atoms with Gasteiger partial charge in [-0.05, 0) is 62.4 Å². The molecule has 0 unspecified atom stereocenters. The van der Waals surface area contributed by atoms with Crippen molar-refractivity contribution in [1.29, 1.82) is 0 Å². The molecule has 2 aromatic heterocycles. The molecule has 30 heavy (non-hydrogen) atoms. The van der Waals surface area contributed by atoms with Crippen LogP contribution in [0.25, 0.3) is 15.9 Å². The predicted molar refractivity (Wildman–Crippen MR) is 125 cm³/mol. The third-order valence-corrected chi connectivity index (χ3v) is 7.99. The van der Waals surface area contributed by atoms with E-state index in [0.29, 0.717) is 27.2 Å². The molecule has 0 aliphatic carbocycles. The van der Waals surface area contributed by atoms with Crippen molar-refractivity contribution in [3.8, 4) is 5.69 Å². The largest absolute Gasteiger partial charge is 0.342 e. The molecule has 0 bridgehead atoms. The molecule has 1 aliphatic rings. The molecule has 0 atom stereocenters. The fourth-order valence-electron chi connectivity index (χ4n) is 3.67. The number of thioether (sulfide) groups is 1. The molecule has 0 radical (unpaired) electrons. The van der Waals surface area contributed by atoms with Crippen molar-refractivity contribution in [3.05, 3.63) is 50.1 Å². The quantitative estimate of drug-likeness (QED) is 0.402. The van der Waals surface area contributed by atoms with Crippen molar-refractivity contribution in [2.45, 2.75) is 38.8 Å². The van der Waals surface area contributed by atoms with Crippen LogP contribution in [0.1, 0.15) is 30.2 Å². The minimum Gasteiger partial charge on any atom is -0.342 e. The highest BCUT2D eigenvalue weighted by atomic mass is 35.5. The molecule has 0 N–H and O–H groups in total. The van der Waals surface area contributed by atoms with Gasteiger partial charge in [0.1, 0.15) is 4.83 Å². The molecule has 4 rings (SSSR count). The van der Waals surface area contributed by atoms with Crippen LogP contribution in [0, 0.1) is 19.8 Å². The predicted octanol–water partition coefficient (Wildman–Crippen LogP) is 5.07. The first-order valence-electron chi connectivity index (χ1n) is 10.0. The molecule has 158 valence electrons. The van der Waals surface area contributed by atoms with Gasteiger partial charge in [0.15, 0.2) is 5.16 Å². The van der Waals surface area contributed by atoms with Crippen LogP contribution in [0.5, 0.6) is 0 Å². The Kier molecular flexibility index (Phi) is 6.23. The Hall–Kier alpha value is -1.83. The van der Waals surface area contributed by atoms with Crippen molar-refractivity contribution in [2.75, 3.05) is 18.8 Å². The molecule has 1 fully saturated rings. The van der Waals surface area contributed by atoms with Crippen LogP contribution in [0.4, 0.5) is 0 Å². The zero-order chi connectivity index (χ0) is 21.4. The minimum absolute atomic E-state index is 0.0995. The first-order valence-corrected chi connectivity index (χ1v) is 12.2. The van der Waals surface area contributed by atoms with Gasteiger partial charge in [0.05, 0.1) is 16.8 Å². The Balaban J connectivity index is 1.70. The number of fused-ring (bicyclic) bond motifs is 1. The van der Waals surface area contributed by atoms with Gasteiger partial charge in [-0.25, -0.2) is 4.98 Å². The van der Waals surface area contributed by atoms with E-state index in [-0.39, 0.29) is 17.2 Å². The maximum absolute atomic E-state index is 13.4. The lowest BCUT2D eigenvalue weighted by atomic mass is 9.99. The number of amides is 1. The topological polar surface area (TPSA) is 55.2 Å². The van der Waals surface area contributed by atoms with Crippen molar-refractivity contribution in [3.63, 3.8) is 0 Å². The summed E-state index contributed by atoms with van der Waals surface area (Å²) < 4.78 is 1.61. The highest BCUT2D eigenvalue weighted by molar-refractivity contribution is 7.99. The summed E-state index contributed by atoms with van der Waals surface area (Å²) in [5.41, 5.74) is 1.56. The summed E-state index contributed by atoms with van der Waals surface area (Å²) in [4.78, 5) is 34.7. The lowest BCUT2D eigenvalue weighted by molar-refractivity contribution is -0.129. The van der Waals surface area contributed by atoms with Gasteiger partial charge >= 0.3 is 0 Å². The second kappa shape index (κ2) is 8.73. The molecule has 1 aliphatic heterocycles. The summed E-state index contributed by atoms with van der Waals surface area (Å²) in [6, 6.07) is 7.13. The van der Waals surface area contributed by atoms with E-state index in [9.17, 15) is 9.59 Å². The van der Waals surface area contributed by atoms with Crippen molar-refractivity contribution < 1.29 is 4.79 Å². The highest BCUT2D eigenvalue weighted by Gasteiger charge is 2.22. The van der Waals surface area contributed by atoms with E-state index in [2.05, 4.69) is 6.92 Å². The molecule has 0 saturated carbocycles. The van der Waals surface area contributed by atoms with Gasteiger partial charge in [0.2, 0.25) is 5.91 Å². The Morgan fingerprint density at radius 3 is 2.57 bits per heavy atom. The average molecular weight is 462 g/mol. The lowest BCUT2D eigenvalue weighted by Crippen LogP contribution is -2.39. The van der Waals surface area contributed by atoms with Crippen LogP contribution < -0.4 is 5.56 Å². The lowest BCUT2D eigenvalue weighted by Gasteiger charge is -2.30. The van der Waals surface area contributed by atoms with Gasteiger partial charge in [0.25, 0.3) is 5.56 Å². The molecule has 3 heterocycles. The fraction of sp³-hybridized carbons (Fsp3) is 0.409. The fourth-order valence-corrected chi connectivity index (χ4v) is 5.78. The molecule has 5 nitrogen and oxygen atoms in total. The van der Waals surface area contributed by atoms with E-state index in [1.165, 1.54) is 23.1 Å². The van der Waals surface area contributed by atoms with Crippen LogP contribution in [0.15, 0.2) is 34.2 Å². The maximum Gasteiger partial charge on any atom is 0.267 e. The van der Waals surface area contributed by atoms with Crippen LogP contribution in [0.2, 0.25) is 5.02 Å². The number of piperidine rings is 1. The monoisotopic (exact) mass is 461 g/mol. The number of hydrogen-bond donors (Lipinski definition) is 0. The summed E-state index contributed by atoms with van der Waals surface area (Å²) in [6.45, 7) is 7.80. The summed E-state index contributed by atoms with van der Waals surface area (Å²) in [7, 11) is 0. The van der Waals surface area contributed by atoms with Crippen LogP contribution >= 0.6 is 34.7 Å². The number of rotatable bonds is 4. The zero-order valence-electron chi connectivity index (χ0n) is 17.3. The number of nitrogens with zero attached hydrogens (tertiary/aromatic N) is 3. The number of aromatic nitrogens is 2. The minimum atomic E-state index is -0.106. The van der Waals surface area contributed by atoms with E-state index in [1.54, 1.807) is 16.7 Å². The van der Waals surface area contributed by atoms with Gasteiger partial charge in [0, 0.05) is 23.0 Å². The summed E-state index contributed by atoms with van der Waals surface area (Å²) >= 11 is 8.89. The highest BCUT2D eigenvalue weighted by Crippen LogP contribution is 2.30. The number of halogens is 1. The van der Waals surface area contributed by atoms with E-state index in [1.807, 2.05) is 30.9 Å². The number of carbonyl (C=O) groups excluding carboxylic acids is 1. The number of benzene rings is 1. The Morgan fingerprint density at radius 1 is 1.23 bits per heavy atom. The summed E-state index contributed by atoms with van der Waals surface area (Å²) in [6.07, 6.45) is 2.09. The zero-order valence-corrected chi connectivity index (χ0v) is 19.7. The maximum atomic E-state index is 13.4. The molecule has 3 aromatic rings. The third-order valence-electron chi connectivity index (χ3n) is 5.72. The van der Waals surface area contributed by atoms with Crippen LogP contribution in [0.3, 0.4) is 0 Å². The van der Waals surface area contributed by atoms with E-state index in [0.717, 1.165) is 41.2 Å². The number of carbonyl (C=O) groups is 1. The summed E-state index contributed by atoms with van der Waals surface area (Å²) in [5, 5.41) is 1.79. The Labute approximate surface area is 189 Å². The van der Waals surface area contributed by atoms with Gasteiger partial charge in [-0.2, -0.15) is 0 Å². The first kappa shape index (κ1) is 21.4. The molecular formula is C22H24ClN3O2S2. The average Bonchev–Trinajstić information content (AvgIpc) is 3.01. The van der Waals surface area contributed by atoms with Gasteiger partial charge < -0.3 is 4.90 Å². The number of hydrogen-bond acceptors (Lipinski definition) is 5. The number of aryl methyl sites for hydroxylation is 2. The molecule has 1 aromatic carbocycles. The third kappa shape index (κ3) is 4.15. The molecule has 1 saturated heterocycles. The normalized spacial score (nSPS) is 15.1. The van der Waals surface area contributed by atoms with E-state index >= 15 is 0 Å². The van der Waals surface area contributed by atoms with Gasteiger partial charge in [-0.3, -0.25) is 14.2 Å². The first-order chi connectivity index (χ1) is 14.3. The Morgan fingerprint density at radius 2 is 1.90 bits per heavy atom. The smallest absolute Gasteiger partial charge is 0.267 e. The second-order valence-electron chi connectivity index (χ2n) is 7.83. The van der Waals surface area contributed by atoms with Gasteiger partial charge in [-0.15, -0.1) is 11.3 Å². The van der Waals surface area contributed by atoms with Crippen molar-refractivity contribution in [1.82, 2.24) is 14.5 Å². The molecule has 8 heteroatoms. The SMILES string of the molecule is Cc1sc2nc(SCC(=O)N3CCC(C)CC3)n(-c3ccc(Cl)cc3)c(=O)c2c1C. The van der Waals surface area contributed by atoms with Crippen LogP contribution in [-0.4, -0.2) is 39.2 Å². The molecular weight excluding hydrogens is 438 g/mol.